The number of likely N-dealkylation sites (tertiary alicyclic amines) is 1. The third-order valence-corrected chi connectivity index (χ3v) is 3.87. The molecule has 18 heavy (non-hydrogen) atoms. The van der Waals surface area contributed by atoms with E-state index in [1.807, 2.05) is 13.8 Å². The number of hydrogen-bond donors (Lipinski definition) is 1. The van der Waals surface area contributed by atoms with Crippen molar-refractivity contribution >= 4 is 5.91 Å². The second-order valence-electron chi connectivity index (χ2n) is 5.36. The number of carbonyl (C=O) groups is 1. The maximum atomic E-state index is 13.5. The predicted octanol–water partition coefficient (Wildman–Crippen LogP) is 1.71. The van der Waals surface area contributed by atoms with Gasteiger partial charge in [-0.15, -0.1) is 0 Å². The quantitative estimate of drug-likeness (QED) is 0.868. The van der Waals surface area contributed by atoms with Crippen LogP contribution in [0.1, 0.15) is 25.8 Å². The topological polar surface area (TPSA) is 46.3 Å². The Bertz CT molecular complexity index is 459. The van der Waals surface area contributed by atoms with Gasteiger partial charge in [0.05, 0.1) is 12.0 Å². The molecule has 0 bridgehead atoms. The van der Waals surface area contributed by atoms with E-state index in [1.54, 1.807) is 23.1 Å². The summed E-state index contributed by atoms with van der Waals surface area (Å²) >= 11 is 0. The first-order valence-electron chi connectivity index (χ1n) is 6.22. The first kappa shape index (κ1) is 13.0. The highest BCUT2D eigenvalue weighted by Gasteiger charge is 2.41. The SMILES string of the molecule is CC1(C)C(N)CCN1C(=O)Cc1ccccc1F. The molecule has 1 heterocycles. The lowest BCUT2D eigenvalue weighted by Gasteiger charge is -2.34. The van der Waals surface area contributed by atoms with Crippen LogP contribution in [0.15, 0.2) is 24.3 Å². The second kappa shape index (κ2) is 4.69. The van der Waals surface area contributed by atoms with E-state index < -0.39 is 0 Å². The fourth-order valence-corrected chi connectivity index (χ4v) is 2.46. The summed E-state index contributed by atoms with van der Waals surface area (Å²) in [5, 5.41) is 0. The van der Waals surface area contributed by atoms with Crippen molar-refractivity contribution in [3.05, 3.63) is 35.6 Å². The minimum atomic E-state index is -0.345. The molecule has 0 saturated carbocycles. The number of nitrogens with two attached hydrogens (primary N) is 1. The molecule has 3 nitrogen and oxygen atoms in total. The number of carbonyl (C=O) groups excluding carboxylic acids is 1. The smallest absolute Gasteiger partial charge is 0.227 e. The van der Waals surface area contributed by atoms with Crippen molar-refractivity contribution in [3.63, 3.8) is 0 Å². The van der Waals surface area contributed by atoms with E-state index in [1.165, 1.54) is 6.07 Å². The molecule has 0 radical (unpaired) electrons. The van der Waals surface area contributed by atoms with Crippen molar-refractivity contribution in [2.45, 2.75) is 38.3 Å². The highest BCUT2D eigenvalue weighted by atomic mass is 19.1. The normalized spacial score (nSPS) is 22.2. The van der Waals surface area contributed by atoms with Crippen LogP contribution >= 0.6 is 0 Å². The maximum absolute atomic E-state index is 13.5. The summed E-state index contributed by atoms with van der Waals surface area (Å²) in [5.74, 6) is -0.384. The standard InChI is InChI=1S/C14H19FN2O/c1-14(2)12(16)7-8-17(14)13(18)9-10-5-3-4-6-11(10)15/h3-6,12H,7-9,16H2,1-2H3. The molecule has 4 heteroatoms. The predicted molar refractivity (Wildman–Crippen MR) is 68.5 cm³/mol. The summed E-state index contributed by atoms with van der Waals surface area (Å²) in [6.07, 6.45) is 0.902. The van der Waals surface area contributed by atoms with Crippen molar-refractivity contribution < 1.29 is 9.18 Å². The Kier molecular flexibility index (Phi) is 3.39. The molecule has 1 fully saturated rings. The van der Waals surface area contributed by atoms with Gasteiger partial charge in [-0.25, -0.2) is 4.39 Å². The molecule has 0 aliphatic carbocycles. The fraction of sp³-hybridized carbons (Fsp3) is 0.500. The zero-order valence-electron chi connectivity index (χ0n) is 10.8. The number of benzene rings is 1. The van der Waals surface area contributed by atoms with Gasteiger partial charge in [-0.1, -0.05) is 18.2 Å². The largest absolute Gasteiger partial charge is 0.336 e. The van der Waals surface area contributed by atoms with Crippen LogP contribution in [0, 0.1) is 5.82 Å². The van der Waals surface area contributed by atoms with Crippen molar-refractivity contribution in [1.82, 2.24) is 4.90 Å². The Balaban J connectivity index is 2.12. The fourth-order valence-electron chi connectivity index (χ4n) is 2.46. The lowest BCUT2D eigenvalue weighted by atomic mass is 9.96. The summed E-state index contributed by atoms with van der Waals surface area (Å²) in [7, 11) is 0. The van der Waals surface area contributed by atoms with Crippen LogP contribution in [-0.4, -0.2) is 28.9 Å². The average Bonchev–Trinajstić information content (AvgIpc) is 2.57. The van der Waals surface area contributed by atoms with Crippen molar-refractivity contribution in [2.24, 2.45) is 5.73 Å². The molecule has 2 N–H and O–H groups in total. The highest BCUT2D eigenvalue weighted by Crippen LogP contribution is 2.28. The molecule has 1 aromatic carbocycles. The zero-order chi connectivity index (χ0) is 13.3. The molecule has 1 amide bonds. The Morgan fingerprint density at radius 3 is 2.72 bits per heavy atom. The molecular formula is C14H19FN2O. The third-order valence-electron chi connectivity index (χ3n) is 3.87. The minimum absolute atomic E-state index is 0.0120. The Morgan fingerprint density at radius 2 is 2.17 bits per heavy atom. The van der Waals surface area contributed by atoms with Gasteiger partial charge >= 0.3 is 0 Å². The molecule has 0 aromatic heterocycles. The average molecular weight is 250 g/mol. The van der Waals surface area contributed by atoms with Gasteiger partial charge in [0.15, 0.2) is 0 Å². The van der Waals surface area contributed by atoms with Crippen LogP contribution in [0.5, 0.6) is 0 Å². The number of halogens is 1. The molecule has 1 atom stereocenters. The molecule has 0 spiro atoms. The van der Waals surface area contributed by atoms with Crippen LogP contribution in [0.25, 0.3) is 0 Å². The van der Waals surface area contributed by atoms with Crippen molar-refractivity contribution in [3.8, 4) is 0 Å². The Labute approximate surface area is 107 Å². The monoisotopic (exact) mass is 250 g/mol. The summed E-state index contributed by atoms with van der Waals surface area (Å²) in [6, 6.07) is 6.38. The van der Waals surface area contributed by atoms with Crippen LogP contribution in [0.2, 0.25) is 0 Å². The lowest BCUT2D eigenvalue weighted by Crippen LogP contribution is -2.51. The highest BCUT2D eigenvalue weighted by molar-refractivity contribution is 5.80. The van der Waals surface area contributed by atoms with Gasteiger partial charge in [-0.05, 0) is 31.9 Å². The van der Waals surface area contributed by atoms with Gasteiger partial charge in [0.25, 0.3) is 0 Å². The van der Waals surface area contributed by atoms with E-state index in [0.717, 1.165) is 6.42 Å². The van der Waals surface area contributed by atoms with E-state index in [4.69, 9.17) is 5.73 Å². The summed E-state index contributed by atoms with van der Waals surface area (Å²) in [6.45, 7) is 4.58. The molecule has 1 unspecified atom stereocenters. The molecular weight excluding hydrogens is 231 g/mol. The van der Waals surface area contributed by atoms with Gasteiger partial charge < -0.3 is 10.6 Å². The van der Waals surface area contributed by atoms with Crippen LogP contribution in [-0.2, 0) is 11.2 Å². The zero-order valence-corrected chi connectivity index (χ0v) is 10.8. The Hall–Kier alpha value is -1.42. The maximum Gasteiger partial charge on any atom is 0.227 e. The van der Waals surface area contributed by atoms with Gasteiger partial charge in [0.1, 0.15) is 5.82 Å². The van der Waals surface area contributed by atoms with E-state index in [2.05, 4.69) is 0 Å². The first-order chi connectivity index (χ1) is 8.43. The summed E-state index contributed by atoms with van der Waals surface area (Å²) in [5.41, 5.74) is 6.09. The van der Waals surface area contributed by atoms with E-state index in [9.17, 15) is 9.18 Å². The lowest BCUT2D eigenvalue weighted by molar-refractivity contribution is -0.133. The van der Waals surface area contributed by atoms with Gasteiger partial charge in [-0.2, -0.15) is 0 Å². The number of rotatable bonds is 2. The van der Waals surface area contributed by atoms with Gasteiger partial charge in [0, 0.05) is 12.6 Å². The molecule has 98 valence electrons. The summed E-state index contributed by atoms with van der Waals surface area (Å²) < 4.78 is 13.5. The molecule has 1 aliphatic heterocycles. The van der Waals surface area contributed by atoms with Crippen LogP contribution in [0.3, 0.4) is 0 Å². The molecule has 1 saturated heterocycles. The van der Waals surface area contributed by atoms with E-state index >= 15 is 0 Å². The van der Waals surface area contributed by atoms with Crippen molar-refractivity contribution in [1.29, 1.82) is 0 Å². The molecule has 2 rings (SSSR count). The number of nitrogens with zero attached hydrogens (tertiary/aromatic N) is 1. The number of amides is 1. The van der Waals surface area contributed by atoms with Crippen molar-refractivity contribution in [2.75, 3.05) is 6.54 Å². The molecule has 1 aliphatic rings. The summed E-state index contributed by atoms with van der Waals surface area (Å²) in [4.78, 5) is 14.0. The van der Waals surface area contributed by atoms with Crippen LogP contribution < -0.4 is 5.73 Å². The molecule has 1 aromatic rings. The number of hydrogen-bond acceptors (Lipinski definition) is 2. The van der Waals surface area contributed by atoms with Gasteiger partial charge in [-0.3, -0.25) is 4.79 Å². The second-order valence-corrected chi connectivity index (χ2v) is 5.36. The van der Waals surface area contributed by atoms with E-state index in [-0.39, 0.29) is 29.7 Å². The Morgan fingerprint density at radius 1 is 1.50 bits per heavy atom. The van der Waals surface area contributed by atoms with Gasteiger partial charge in [0.2, 0.25) is 5.91 Å². The van der Waals surface area contributed by atoms with E-state index in [0.29, 0.717) is 12.1 Å². The minimum Gasteiger partial charge on any atom is -0.336 e. The van der Waals surface area contributed by atoms with Crippen LogP contribution in [0.4, 0.5) is 4.39 Å². The third kappa shape index (κ3) is 2.25. The first-order valence-corrected chi connectivity index (χ1v) is 6.22.